The zero-order valence-electron chi connectivity index (χ0n) is 16.0. The summed E-state index contributed by atoms with van der Waals surface area (Å²) in [5.74, 6) is 2.46. The molecule has 7 heteroatoms. The molecule has 0 aliphatic heterocycles. The third-order valence-electron chi connectivity index (χ3n) is 5.21. The van der Waals surface area contributed by atoms with Crippen LogP contribution in [0, 0.1) is 5.92 Å². The quantitative estimate of drug-likeness (QED) is 0.373. The summed E-state index contributed by atoms with van der Waals surface area (Å²) >= 11 is 16.2. The molecular weight excluding hydrogens is 429 g/mol. The summed E-state index contributed by atoms with van der Waals surface area (Å²) in [5.41, 5.74) is 3.71. The number of thiophene rings is 1. The first kappa shape index (κ1) is 20.3. The highest BCUT2D eigenvalue weighted by Gasteiger charge is 2.24. The van der Waals surface area contributed by atoms with Crippen LogP contribution in [0.25, 0.3) is 11.4 Å². The molecule has 0 N–H and O–H groups in total. The van der Waals surface area contributed by atoms with Gasteiger partial charge in [0.1, 0.15) is 0 Å². The van der Waals surface area contributed by atoms with Crippen molar-refractivity contribution in [2.75, 3.05) is 0 Å². The fourth-order valence-electron chi connectivity index (χ4n) is 3.69. The maximum atomic E-state index is 6.34. The monoisotopic (exact) mass is 451 g/mol. The number of halogens is 2. The van der Waals surface area contributed by atoms with E-state index in [1.165, 1.54) is 28.8 Å². The number of aromatic nitrogens is 3. The lowest BCUT2D eigenvalue weighted by molar-refractivity contribution is 0.508. The topological polar surface area (TPSA) is 30.7 Å². The average Bonchev–Trinajstić information content (AvgIpc) is 3.25. The molecule has 0 radical (unpaired) electrons. The van der Waals surface area contributed by atoms with Gasteiger partial charge in [0.15, 0.2) is 11.0 Å². The second kappa shape index (κ2) is 8.78. The van der Waals surface area contributed by atoms with Crippen molar-refractivity contribution in [1.82, 2.24) is 14.8 Å². The van der Waals surface area contributed by atoms with Crippen molar-refractivity contribution in [3.05, 3.63) is 49.6 Å². The second-order valence-corrected chi connectivity index (χ2v) is 10.1. The molecule has 0 saturated heterocycles. The van der Waals surface area contributed by atoms with Crippen LogP contribution in [0.3, 0.4) is 0 Å². The molecule has 2 heterocycles. The van der Waals surface area contributed by atoms with E-state index in [9.17, 15) is 0 Å². The molecule has 1 unspecified atom stereocenters. The summed E-state index contributed by atoms with van der Waals surface area (Å²) in [6, 6.07) is 5.63. The van der Waals surface area contributed by atoms with Crippen LogP contribution in [0.2, 0.25) is 10.0 Å². The van der Waals surface area contributed by atoms with Crippen LogP contribution in [-0.2, 0) is 25.1 Å². The highest BCUT2D eigenvalue weighted by atomic mass is 35.5. The number of hydrogen-bond donors (Lipinski definition) is 0. The van der Waals surface area contributed by atoms with Crippen LogP contribution in [0.4, 0.5) is 0 Å². The van der Waals surface area contributed by atoms with Crippen LogP contribution >= 0.6 is 46.3 Å². The summed E-state index contributed by atoms with van der Waals surface area (Å²) in [6.07, 6.45) is 4.63. The second-order valence-electron chi connectivity index (χ2n) is 7.35. The van der Waals surface area contributed by atoms with Crippen LogP contribution in [-0.4, -0.2) is 14.8 Å². The lowest BCUT2D eigenvalue weighted by Crippen LogP contribution is -2.10. The molecule has 3 aromatic rings. The minimum absolute atomic E-state index is 0.680. The molecule has 1 aromatic carbocycles. The van der Waals surface area contributed by atoms with E-state index in [-0.39, 0.29) is 0 Å². The van der Waals surface area contributed by atoms with Crippen molar-refractivity contribution in [3.8, 4) is 11.4 Å². The van der Waals surface area contributed by atoms with Crippen molar-refractivity contribution >= 4 is 46.3 Å². The summed E-state index contributed by atoms with van der Waals surface area (Å²) in [6.45, 7) is 5.44. The lowest BCUT2D eigenvalue weighted by atomic mass is 9.88. The van der Waals surface area contributed by atoms with Crippen LogP contribution in [0.1, 0.15) is 42.7 Å². The van der Waals surface area contributed by atoms with E-state index in [1.54, 1.807) is 11.8 Å². The van der Waals surface area contributed by atoms with Gasteiger partial charge in [0, 0.05) is 38.2 Å². The number of fused-ring (bicyclic) bond motifs is 1. The maximum absolute atomic E-state index is 6.34. The standard InChI is InChI=1S/C21H23Cl2N3S2/c1-3-9-26-20(15-11-27-19-10-13(2)7-8-14(15)19)24-25-21(26)28-12-16-17(22)5-4-6-18(16)23/h4-6,11,13H,3,7-10,12H2,1-2H3. The Labute approximate surface area is 184 Å². The molecule has 148 valence electrons. The summed E-state index contributed by atoms with van der Waals surface area (Å²) in [7, 11) is 0. The number of hydrogen-bond acceptors (Lipinski definition) is 4. The summed E-state index contributed by atoms with van der Waals surface area (Å²) in [4.78, 5) is 1.52. The van der Waals surface area contributed by atoms with Crippen LogP contribution < -0.4 is 0 Å². The van der Waals surface area contributed by atoms with Gasteiger partial charge in [-0.1, -0.05) is 54.9 Å². The molecule has 0 amide bonds. The predicted octanol–water partition coefficient (Wildman–Crippen LogP) is 7.14. The normalized spacial score (nSPS) is 16.4. The van der Waals surface area contributed by atoms with Crippen molar-refractivity contribution in [2.24, 2.45) is 5.92 Å². The van der Waals surface area contributed by atoms with Crippen molar-refractivity contribution in [3.63, 3.8) is 0 Å². The average molecular weight is 452 g/mol. The Morgan fingerprint density at radius 2 is 2.04 bits per heavy atom. The highest BCUT2D eigenvalue weighted by Crippen LogP contribution is 2.39. The van der Waals surface area contributed by atoms with Crippen molar-refractivity contribution in [1.29, 1.82) is 0 Å². The van der Waals surface area contributed by atoms with E-state index in [2.05, 4.69) is 34.0 Å². The van der Waals surface area contributed by atoms with E-state index in [1.807, 2.05) is 29.5 Å². The zero-order valence-corrected chi connectivity index (χ0v) is 19.2. The Morgan fingerprint density at radius 1 is 1.25 bits per heavy atom. The smallest absolute Gasteiger partial charge is 0.191 e. The SMILES string of the molecule is CCCn1c(SCc2c(Cl)cccc2Cl)nnc1-c1csc2c1CCC(C)C2. The van der Waals surface area contributed by atoms with E-state index < -0.39 is 0 Å². The third-order valence-corrected chi connectivity index (χ3v) is 7.97. The molecular formula is C21H23Cl2N3S2. The van der Waals surface area contributed by atoms with Gasteiger partial charge in [-0.25, -0.2) is 0 Å². The van der Waals surface area contributed by atoms with Gasteiger partial charge in [-0.15, -0.1) is 21.5 Å². The van der Waals surface area contributed by atoms with E-state index in [0.29, 0.717) is 15.8 Å². The van der Waals surface area contributed by atoms with Gasteiger partial charge in [0.2, 0.25) is 0 Å². The minimum Gasteiger partial charge on any atom is -0.302 e. The van der Waals surface area contributed by atoms with Gasteiger partial charge >= 0.3 is 0 Å². The summed E-state index contributed by atoms with van der Waals surface area (Å²) in [5, 5.41) is 13.7. The molecule has 0 saturated carbocycles. The first-order valence-electron chi connectivity index (χ1n) is 9.67. The molecule has 3 nitrogen and oxygen atoms in total. The van der Waals surface area contributed by atoms with Crippen LogP contribution in [0.15, 0.2) is 28.7 Å². The first-order chi connectivity index (χ1) is 13.6. The Kier molecular flexibility index (Phi) is 6.36. The van der Waals surface area contributed by atoms with Crippen molar-refractivity contribution in [2.45, 2.75) is 57.0 Å². The van der Waals surface area contributed by atoms with Gasteiger partial charge in [-0.3, -0.25) is 0 Å². The fourth-order valence-corrected chi connectivity index (χ4v) is 6.64. The number of nitrogens with zero attached hydrogens (tertiary/aromatic N) is 3. The minimum atomic E-state index is 0.680. The Morgan fingerprint density at radius 3 is 2.79 bits per heavy atom. The summed E-state index contributed by atoms with van der Waals surface area (Å²) < 4.78 is 2.26. The van der Waals surface area contributed by atoms with Gasteiger partial charge in [0.25, 0.3) is 0 Å². The number of benzene rings is 1. The molecule has 1 atom stereocenters. The number of rotatable bonds is 6. The van der Waals surface area contributed by atoms with E-state index in [4.69, 9.17) is 23.2 Å². The molecule has 1 aliphatic rings. The van der Waals surface area contributed by atoms with E-state index in [0.717, 1.165) is 41.8 Å². The van der Waals surface area contributed by atoms with Gasteiger partial charge in [-0.05, 0) is 54.9 Å². The molecule has 1 aliphatic carbocycles. The van der Waals surface area contributed by atoms with Gasteiger partial charge < -0.3 is 4.57 Å². The molecule has 4 rings (SSSR count). The Bertz CT molecular complexity index is 960. The maximum Gasteiger partial charge on any atom is 0.191 e. The fraction of sp³-hybridized carbons (Fsp3) is 0.429. The zero-order chi connectivity index (χ0) is 19.7. The molecule has 2 aromatic heterocycles. The molecule has 0 bridgehead atoms. The van der Waals surface area contributed by atoms with Crippen LogP contribution in [0.5, 0.6) is 0 Å². The van der Waals surface area contributed by atoms with Gasteiger partial charge in [0.05, 0.1) is 0 Å². The van der Waals surface area contributed by atoms with E-state index >= 15 is 0 Å². The molecule has 0 fully saturated rings. The first-order valence-corrected chi connectivity index (χ1v) is 12.3. The Balaban J connectivity index is 1.63. The number of thioether (sulfide) groups is 1. The van der Waals surface area contributed by atoms with Gasteiger partial charge in [-0.2, -0.15) is 0 Å². The highest BCUT2D eigenvalue weighted by molar-refractivity contribution is 7.98. The van der Waals surface area contributed by atoms with Crippen molar-refractivity contribution < 1.29 is 0 Å². The lowest BCUT2D eigenvalue weighted by Gasteiger charge is -2.19. The predicted molar refractivity (Wildman–Crippen MR) is 121 cm³/mol. The molecule has 0 spiro atoms. The largest absolute Gasteiger partial charge is 0.302 e. The third kappa shape index (κ3) is 4.00. The molecule has 28 heavy (non-hydrogen) atoms. The Hall–Kier alpha value is -1.01.